The van der Waals surface area contributed by atoms with Crippen LogP contribution in [0.1, 0.15) is 17.4 Å². The molecular weight excluding hydrogens is 196 g/mol. The highest BCUT2D eigenvalue weighted by Crippen LogP contribution is 2.19. The Morgan fingerprint density at radius 3 is 3.29 bits per heavy atom. The molecule has 72 valence electrons. The average Bonchev–Trinajstić information content (AvgIpc) is 2.64. The van der Waals surface area contributed by atoms with Crippen LogP contribution in [0.15, 0.2) is 23.7 Å². The molecule has 0 aliphatic rings. The number of nitrogens with zero attached hydrogens (tertiary/aromatic N) is 1. The Morgan fingerprint density at radius 1 is 1.64 bits per heavy atom. The second-order valence-corrected chi connectivity index (χ2v) is 3.84. The molecule has 3 nitrogen and oxygen atoms in total. The van der Waals surface area contributed by atoms with E-state index in [-0.39, 0.29) is 5.91 Å². The molecule has 0 saturated heterocycles. The molecule has 0 aromatic carbocycles. The van der Waals surface area contributed by atoms with Gasteiger partial charge in [-0.05, 0) is 24.4 Å². The van der Waals surface area contributed by atoms with Gasteiger partial charge in [-0.2, -0.15) is 0 Å². The minimum absolute atomic E-state index is 0.109. The summed E-state index contributed by atoms with van der Waals surface area (Å²) >= 11 is 1.62. The van der Waals surface area contributed by atoms with Gasteiger partial charge in [-0.15, -0.1) is 11.3 Å². The van der Waals surface area contributed by atoms with Gasteiger partial charge < -0.3 is 5.32 Å². The van der Waals surface area contributed by atoms with Gasteiger partial charge in [0.05, 0.1) is 0 Å². The van der Waals surface area contributed by atoms with E-state index >= 15 is 0 Å². The van der Waals surface area contributed by atoms with Crippen molar-refractivity contribution in [3.63, 3.8) is 0 Å². The van der Waals surface area contributed by atoms with Crippen molar-refractivity contribution < 1.29 is 4.79 Å². The van der Waals surface area contributed by atoms with E-state index in [2.05, 4.69) is 10.3 Å². The first-order valence-corrected chi connectivity index (χ1v) is 5.30. The first-order chi connectivity index (χ1) is 6.81. The van der Waals surface area contributed by atoms with Crippen molar-refractivity contribution in [3.8, 4) is 0 Å². The van der Waals surface area contributed by atoms with Gasteiger partial charge in [-0.1, -0.05) is 0 Å². The Morgan fingerprint density at radius 2 is 2.50 bits per heavy atom. The Hall–Kier alpha value is -1.42. The maximum atomic E-state index is 11.4. The minimum Gasteiger partial charge on any atom is -0.351 e. The van der Waals surface area contributed by atoms with Crippen LogP contribution in [0, 0.1) is 0 Å². The van der Waals surface area contributed by atoms with Gasteiger partial charge in [0, 0.05) is 22.8 Å². The van der Waals surface area contributed by atoms with Crippen molar-refractivity contribution >= 4 is 27.3 Å². The van der Waals surface area contributed by atoms with Crippen LogP contribution in [0.4, 0.5) is 0 Å². The van der Waals surface area contributed by atoms with E-state index in [1.54, 1.807) is 17.5 Å². The molecule has 1 N–H and O–H groups in total. The molecule has 2 heterocycles. The highest BCUT2D eigenvalue weighted by Gasteiger charge is 2.06. The number of fused-ring (bicyclic) bond motifs is 1. The first kappa shape index (κ1) is 9.15. The van der Waals surface area contributed by atoms with E-state index in [9.17, 15) is 4.79 Å². The Labute approximate surface area is 85.8 Å². The summed E-state index contributed by atoms with van der Waals surface area (Å²) in [7, 11) is 0. The number of carbonyl (C=O) groups excluding carboxylic acids is 1. The van der Waals surface area contributed by atoms with E-state index in [0.29, 0.717) is 12.2 Å². The third kappa shape index (κ3) is 1.61. The second-order valence-electron chi connectivity index (χ2n) is 2.89. The summed E-state index contributed by atoms with van der Waals surface area (Å²) in [6.07, 6.45) is 1.73. The van der Waals surface area contributed by atoms with Gasteiger partial charge in [0.25, 0.3) is 5.91 Å². The maximum Gasteiger partial charge on any atom is 0.269 e. The molecule has 0 unspecified atom stereocenters. The summed E-state index contributed by atoms with van der Waals surface area (Å²) < 4.78 is 1.10. The first-order valence-electron chi connectivity index (χ1n) is 4.42. The summed E-state index contributed by atoms with van der Waals surface area (Å²) in [6.45, 7) is 2.52. The summed E-state index contributed by atoms with van der Waals surface area (Å²) in [5.74, 6) is -0.109. The van der Waals surface area contributed by atoms with Gasteiger partial charge in [0.1, 0.15) is 5.69 Å². The van der Waals surface area contributed by atoms with E-state index in [4.69, 9.17) is 0 Å². The summed E-state index contributed by atoms with van der Waals surface area (Å²) in [5.41, 5.74) is 0.488. The Balaban J connectivity index is 2.38. The van der Waals surface area contributed by atoms with Crippen LogP contribution in [0.5, 0.6) is 0 Å². The smallest absolute Gasteiger partial charge is 0.269 e. The monoisotopic (exact) mass is 206 g/mol. The lowest BCUT2D eigenvalue weighted by Gasteiger charge is -2.00. The molecule has 0 saturated carbocycles. The summed E-state index contributed by atoms with van der Waals surface area (Å²) in [6, 6.07) is 3.82. The van der Waals surface area contributed by atoms with Gasteiger partial charge in [-0.25, -0.2) is 0 Å². The lowest BCUT2D eigenvalue weighted by atomic mass is 10.3. The summed E-state index contributed by atoms with van der Waals surface area (Å²) in [4.78, 5) is 15.5. The van der Waals surface area contributed by atoms with Crippen molar-refractivity contribution in [2.75, 3.05) is 6.54 Å². The van der Waals surface area contributed by atoms with Crippen LogP contribution in [0.25, 0.3) is 10.1 Å². The van der Waals surface area contributed by atoms with Crippen molar-refractivity contribution in [2.45, 2.75) is 6.92 Å². The largest absolute Gasteiger partial charge is 0.351 e. The zero-order chi connectivity index (χ0) is 9.97. The standard InChI is InChI=1S/C10H10N2OS/c1-2-11-10(13)8-5-9-7(6-12-8)3-4-14-9/h3-6H,2H2,1H3,(H,11,13). The lowest BCUT2D eigenvalue weighted by molar-refractivity contribution is 0.0951. The number of pyridine rings is 1. The molecule has 0 atom stereocenters. The molecule has 1 amide bonds. The number of rotatable bonds is 2. The SMILES string of the molecule is CCNC(=O)c1cc2sccc2cn1. The highest BCUT2D eigenvalue weighted by atomic mass is 32.1. The van der Waals surface area contributed by atoms with Gasteiger partial charge in [0.15, 0.2) is 0 Å². The number of nitrogens with one attached hydrogen (secondary N) is 1. The summed E-state index contributed by atoms with van der Waals surface area (Å²) in [5, 5.41) is 5.80. The molecule has 2 aromatic rings. The van der Waals surface area contributed by atoms with Crippen LogP contribution < -0.4 is 5.32 Å². The molecule has 14 heavy (non-hydrogen) atoms. The third-order valence-corrected chi connectivity index (χ3v) is 2.79. The number of carbonyl (C=O) groups is 1. The molecule has 0 spiro atoms. The number of amides is 1. The van der Waals surface area contributed by atoms with Gasteiger partial charge >= 0.3 is 0 Å². The van der Waals surface area contributed by atoms with E-state index in [1.165, 1.54) is 0 Å². The molecule has 4 heteroatoms. The molecule has 0 fully saturated rings. The number of hydrogen-bond donors (Lipinski definition) is 1. The predicted molar refractivity (Wildman–Crippen MR) is 57.6 cm³/mol. The van der Waals surface area contributed by atoms with Gasteiger partial charge in [-0.3, -0.25) is 9.78 Å². The fourth-order valence-electron chi connectivity index (χ4n) is 1.23. The van der Waals surface area contributed by atoms with Crippen molar-refractivity contribution in [1.82, 2.24) is 10.3 Å². The van der Waals surface area contributed by atoms with Crippen LogP contribution in [0.2, 0.25) is 0 Å². The molecule has 0 aliphatic carbocycles. The number of aromatic nitrogens is 1. The van der Waals surface area contributed by atoms with Crippen LogP contribution in [0.3, 0.4) is 0 Å². The fourth-order valence-corrected chi connectivity index (χ4v) is 2.03. The molecule has 0 bridgehead atoms. The van der Waals surface area contributed by atoms with Crippen molar-refractivity contribution in [3.05, 3.63) is 29.4 Å². The van der Waals surface area contributed by atoms with E-state index in [0.717, 1.165) is 10.1 Å². The van der Waals surface area contributed by atoms with Crippen LogP contribution in [-0.4, -0.2) is 17.4 Å². The normalized spacial score (nSPS) is 10.4. The molecule has 2 aromatic heterocycles. The molecular formula is C10H10N2OS. The van der Waals surface area contributed by atoms with Crippen molar-refractivity contribution in [1.29, 1.82) is 0 Å². The van der Waals surface area contributed by atoms with Crippen molar-refractivity contribution in [2.24, 2.45) is 0 Å². The number of thiophene rings is 1. The number of hydrogen-bond acceptors (Lipinski definition) is 3. The van der Waals surface area contributed by atoms with E-state index in [1.807, 2.05) is 24.4 Å². The zero-order valence-corrected chi connectivity index (χ0v) is 8.60. The predicted octanol–water partition coefficient (Wildman–Crippen LogP) is 2.05. The maximum absolute atomic E-state index is 11.4. The topological polar surface area (TPSA) is 42.0 Å². The molecule has 0 aliphatic heterocycles. The average molecular weight is 206 g/mol. The van der Waals surface area contributed by atoms with Crippen LogP contribution >= 0.6 is 11.3 Å². The quantitative estimate of drug-likeness (QED) is 0.817. The van der Waals surface area contributed by atoms with Crippen LogP contribution in [-0.2, 0) is 0 Å². The Bertz CT molecular complexity index is 464. The minimum atomic E-state index is -0.109. The zero-order valence-electron chi connectivity index (χ0n) is 7.78. The van der Waals surface area contributed by atoms with E-state index < -0.39 is 0 Å². The second kappa shape index (κ2) is 3.75. The lowest BCUT2D eigenvalue weighted by Crippen LogP contribution is -2.23. The third-order valence-electron chi connectivity index (χ3n) is 1.91. The highest BCUT2D eigenvalue weighted by molar-refractivity contribution is 7.17. The fraction of sp³-hybridized carbons (Fsp3) is 0.200. The molecule has 0 radical (unpaired) electrons. The van der Waals surface area contributed by atoms with Gasteiger partial charge in [0.2, 0.25) is 0 Å². The molecule has 2 rings (SSSR count). The Kier molecular flexibility index (Phi) is 2.45.